The third kappa shape index (κ3) is 2.87. The molecule has 19 heavy (non-hydrogen) atoms. The van der Waals surface area contributed by atoms with Crippen molar-refractivity contribution in [1.82, 2.24) is 4.98 Å². The maximum Gasteiger partial charge on any atom is 0.122 e. The fourth-order valence-electron chi connectivity index (χ4n) is 2.58. The van der Waals surface area contributed by atoms with Gasteiger partial charge < -0.3 is 10.5 Å². The number of aromatic nitrogens is 1. The van der Waals surface area contributed by atoms with Gasteiger partial charge in [-0.1, -0.05) is 0 Å². The molecule has 0 radical (unpaired) electrons. The van der Waals surface area contributed by atoms with Crippen molar-refractivity contribution in [3.8, 4) is 5.75 Å². The Balaban J connectivity index is 2.76. The average Bonchev–Trinajstić information content (AvgIpc) is 2.26. The number of hydrogen-bond donors (Lipinski definition) is 1. The molecule has 102 valence electrons. The SMILES string of the molecule is COc1ccc2nc(C)cc(C)c2c1CC(C)(C)N. The molecular weight excluding hydrogens is 236 g/mol. The Labute approximate surface area is 114 Å². The first-order valence-electron chi connectivity index (χ1n) is 6.54. The highest BCUT2D eigenvalue weighted by molar-refractivity contribution is 5.88. The molecule has 0 spiro atoms. The minimum atomic E-state index is -0.279. The van der Waals surface area contributed by atoms with Crippen LogP contribution in [-0.4, -0.2) is 17.6 Å². The number of pyridine rings is 1. The highest BCUT2D eigenvalue weighted by Crippen LogP contribution is 2.32. The number of hydrogen-bond acceptors (Lipinski definition) is 3. The first kappa shape index (κ1) is 13.8. The van der Waals surface area contributed by atoms with Gasteiger partial charge >= 0.3 is 0 Å². The van der Waals surface area contributed by atoms with E-state index in [-0.39, 0.29) is 5.54 Å². The van der Waals surface area contributed by atoms with Gasteiger partial charge in [-0.05, 0) is 57.9 Å². The number of benzene rings is 1. The van der Waals surface area contributed by atoms with Gasteiger partial charge in [-0.25, -0.2) is 0 Å². The van der Waals surface area contributed by atoms with Crippen LogP contribution in [0.1, 0.15) is 30.7 Å². The normalized spacial score (nSPS) is 11.9. The minimum Gasteiger partial charge on any atom is -0.496 e. The maximum atomic E-state index is 6.19. The minimum absolute atomic E-state index is 0.279. The molecule has 2 aromatic rings. The smallest absolute Gasteiger partial charge is 0.122 e. The zero-order valence-electron chi connectivity index (χ0n) is 12.4. The van der Waals surface area contributed by atoms with Gasteiger partial charge in [0.25, 0.3) is 0 Å². The Morgan fingerprint density at radius 1 is 1.26 bits per heavy atom. The number of rotatable bonds is 3. The van der Waals surface area contributed by atoms with Gasteiger partial charge in [0, 0.05) is 22.2 Å². The molecule has 0 bridgehead atoms. The summed E-state index contributed by atoms with van der Waals surface area (Å²) in [5.41, 5.74) is 10.3. The largest absolute Gasteiger partial charge is 0.496 e. The second kappa shape index (κ2) is 4.82. The quantitative estimate of drug-likeness (QED) is 0.920. The van der Waals surface area contributed by atoms with Crippen LogP contribution in [0.4, 0.5) is 0 Å². The van der Waals surface area contributed by atoms with Gasteiger partial charge in [0.05, 0.1) is 12.6 Å². The lowest BCUT2D eigenvalue weighted by molar-refractivity contribution is 0.403. The van der Waals surface area contributed by atoms with Gasteiger partial charge in [-0.3, -0.25) is 4.98 Å². The van der Waals surface area contributed by atoms with E-state index in [1.807, 2.05) is 32.9 Å². The van der Waals surface area contributed by atoms with Crippen LogP contribution in [0, 0.1) is 13.8 Å². The molecule has 0 aliphatic carbocycles. The van der Waals surface area contributed by atoms with E-state index < -0.39 is 0 Å². The number of methoxy groups -OCH3 is 1. The molecule has 1 heterocycles. The topological polar surface area (TPSA) is 48.1 Å². The Morgan fingerprint density at radius 3 is 2.53 bits per heavy atom. The Morgan fingerprint density at radius 2 is 1.95 bits per heavy atom. The van der Waals surface area contributed by atoms with Gasteiger partial charge in [-0.15, -0.1) is 0 Å². The number of ether oxygens (including phenoxy) is 1. The van der Waals surface area contributed by atoms with Crippen molar-refractivity contribution in [3.05, 3.63) is 35.0 Å². The summed E-state index contributed by atoms with van der Waals surface area (Å²) in [7, 11) is 1.70. The number of fused-ring (bicyclic) bond motifs is 1. The number of nitrogens with zero attached hydrogens (tertiary/aromatic N) is 1. The van der Waals surface area contributed by atoms with Crippen molar-refractivity contribution in [3.63, 3.8) is 0 Å². The summed E-state index contributed by atoms with van der Waals surface area (Å²) in [6, 6.07) is 6.10. The van der Waals surface area contributed by atoms with Gasteiger partial charge in [0.1, 0.15) is 5.75 Å². The molecule has 1 aromatic heterocycles. The summed E-state index contributed by atoms with van der Waals surface area (Å²) in [5.74, 6) is 0.889. The van der Waals surface area contributed by atoms with E-state index in [0.29, 0.717) is 0 Å². The van der Waals surface area contributed by atoms with E-state index in [4.69, 9.17) is 10.5 Å². The molecule has 0 saturated heterocycles. The lowest BCUT2D eigenvalue weighted by Gasteiger charge is -2.22. The van der Waals surface area contributed by atoms with Crippen LogP contribution in [0.2, 0.25) is 0 Å². The molecule has 0 amide bonds. The first-order valence-corrected chi connectivity index (χ1v) is 6.54. The van der Waals surface area contributed by atoms with Gasteiger partial charge in [0.2, 0.25) is 0 Å². The molecule has 1 aromatic carbocycles. The second-order valence-corrected chi connectivity index (χ2v) is 5.89. The van der Waals surface area contributed by atoms with Crippen LogP contribution in [0.3, 0.4) is 0 Å². The summed E-state index contributed by atoms with van der Waals surface area (Å²) in [6.45, 7) is 8.19. The molecule has 0 fully saturated rings. The molecule has 2 N–H and O–H groups in total. The monoisotopic (exact) mass is 258 g/mol. The molecule has 3 nitrogen and oxygen atoms in total. The van der Waals surface area contributed by atoms with E-state index in [1.165, 1.54) is 10.9 Å². The summed E-state index contributed by atoms with van der Waals surface area (Å²) >= 11 is 0. The van der Waals surface area contributed by atoms with Crippen molar-refractivity contribution in [2.45, 2.75) is 39.7 Å². The van der Waals surface area contributed by atoms with E-state index in [0.717, 1.165) is 28.9 Å². The average molecular weight is 258 g/mol. The fourth-order valence-corrected chi connectivity index (χ4v) is 2.58. The predicted molar refractivity (Wildman–Crippen MR) is 79.7 cm³/mol. The summed E-state index contributed by atoms with van der Waals surface area (Å²) in [6.07, 6.45) is 0.763. The van der Waals surface area contributed by atoms with E-state index in [2.05, 4.69) is 18.0 Å². The first-order chi connectivity index (χ1) is 8.81. The van der Waals surface area contributed by atoms with Crippen LogP contribution < -0.4 is 10.5 Å². The van der Waals surface area contributed by atoms with Crippen molar-refractivity contribution >= 4 is 10.9 Å². The summed E-state index contributed by atoms with van der Waals surface area (Å²) in [5, 5.41) is 1.17. The second-order valence-electron chi connectivity index (χ2n) is 5.89. The van der Waals surface area contributed by atoms with Crippen molar-refractivity contribution < 1.29 is 4.74 Å². The number of nitrogens with two attached hydrogens (primary N) is 1. The van der Waals surface area contributed by atoms with Crippen molar-refractivity contribution in [2.24, 2.45) is 5.73 Å². The van der Waals surface area contributed by atoms with Crippen LogP contribution >= 0.6 is 0 Å². The lowest BCUT2D eigenvalue weighted by atomic mass is 9.91. The molecule has 0 atom stereocenters. The lowest BCUT2D eigenvalue weighted by Crippen LogP contribution is -2.34. The molecule has 2 rings (SSSR count). The Kier molecular flexibility index (Phi) is 3.50. The third-order valence-corrected chi connectivity index (χ3v) is 3.22. The third-order valence-electron chi connectivity index (χ3n) is 3.22. The van der Waals surface area contributed by atoms with Crippen LogP contribution in [0.15, 0.2) is 18.2 Å². The molecule has 0 unspecified atom stereocenters. The zero-order valence-corrected chi connectivity index (χ0v) is 12.4. The molecular formula is C16H22N2O. The number of aryl methyl sites for hydroxylation is 2. The summed E-state index contributed by atoms with van der Waals surface area (Å²) in [4.78, 5) is 4.61. The molecule has 0 saturated carbocycles. The molecule has 3 heteroatoms. The summed E-state index contributed by atoms with van der Waals surface area (Å²) < 4.78 is 5.50. The van der Waals surface area contributed by atoms with Crippen LogP contribution in [0.5, 0.6) is 5.75 Å². The highest BCUT2D eigenvalue weighted by atomic mass is 16.5. The van der Waals surface area contributed by atoms with Gasteiger partial charge in [0.15, 0.2) is 0 Å². The Hall–Kier alpha value is -1.61. The maximum absolute atomic E-state index is 6.19. The van der Waals surface area contributed by atoms with E-state index in [9.17, 15) is 0 Å². The van der Waals surface area contributed by atoms with Crippen molar-refractivity contribution in [2.75, 3.05) is 7.11 Å². The van der Waals surface area contributed by atoms with Crippen LogP contribution in [0.25, 0.3) is 10.9 Å². The predicted octanol–water partition coefficient (Wildman–Crippen LogP) is 3.14. The molecule has 0 aliphatic heterocycles. The standard InChI is InChI=1S/C16H22N2O/c1-10-8-11(2)18-13-6-7-14(19-5)12(15(10)13)9-16(3,4)17/h6-8H,9,17H2,1-5H3. The molecule has 0 aliphatic rings. The Bertz CT molecular complexity index is 612. The van der Waals surface area contributed by atoms with Crippen LogP contribution in [-0.2, 0) is 6.42 Å². The fraction of sp³-hybridized carbons (Fsp3) is 0.438. The van der Waals surface area contributed by atoms with E-state index >= 15 is 0 Å². The van der Waals surface area contributed by atoms with Gasteiger partial charge in [-0.2, -0.15) is 0 Å². The van der Waals surface area contributed by atoms with Crippen molar-refractivity contribution in [1.29, 1.82) is 0 Å². The highest BCUT2D eigenvalue weighted by Gasteiger charge is 2.19. The zero-order chi connectivity index (χ0) is 14.2. The van der Waals surface area contributed by atoms with E-state index in [1.54, 1.807) is 7.11 Å².